The molecule has 0 aromatic heterocycles. The molecule has 0 atom stereocenters. The largest absolute Gasteiger partial charge is 0.503 e. The van der Waals surface area contributed by atoms with Crippen LogP contribution in [0.5, 0.6) is 23.0 Å². The molecule has 0 saturated carbocycles. The molecule has 3 aromatic carbocycles. The number of fused-ring (bicyclic) bond motifs is 1. The molecule has 10 heteroatoms. The Morgan fingerprint density at radius 2 is 1.83 bits per heavy atom. The highest BCUT2D eigenvalue weighted by molar-refractivity contribution is 9.10. The molecule has 1 aliphatic heterocycles. The van der Waals surface area contributed by atoms with Crippen molar-refractivity contribution in [3.63, 3.8) is 0 Å². The summed E-state index contributed by atoms with van der Waals surface area (Å²) in [5.41, 5.74) is 3.94. The van der Waals surface area contributed by atoms with Crippen LogP contribution >= 0.6 is 15.9 Å². The van der Waals surface area contributed by atoms with Crippen LogP contribution in [0.25, 0.3) is 6.08 Å². The van der Waals surface area contributed by atoms with E-state index in [1.165, 1.54) is 19.4 Å². The van der Waals surface area contributed by atoms with E-state index in [1.807, 2.05) is 0 Å². The first-order valence-corrected chi connectivity index (χ1v) is 11.1. The molecule has 0 unspecified atom stereocenters. The van der Waals surface area contributed by atoms with Crippen molar-refractivity contribution >= 4 is 40.0 Å². The van der Waals surface area contributed by atoms with E-state index < -0.39 is 11.8 Å². The zero-order valence-corrected chi connectivity index (χ0v) is 20.0. The summed E-state index contributed by atoms with van der Waals surface area (Å²) in [5, 5.41) is 16.5. The molecule has 2 amide bonds. The Bertz CT molecular complexity index is 1320. The Balaban J connectivity index is 1.56. The fourth-order valence-electron chi connectivity index (χ4n) is 3.16. The van der Waals surface area contributed by atoms with Gasteiger partial charge in [-0.2, -0.15) is 5.10 Å². The van der Waals surface area contributed by atoms with Gasteiger partial charge in [0.1, 0.15) is 5.70 Å². The molecule has 178 valence electrons. The van der Waals surface area contributed by atoms with E-state index in [9.17, 15) is 14.7 Å². The standard InChI is InChI=1S/C25H20BrN3O6/c1-33-22-12-16(9-18(26)23(22)30)13-27-29-25(32)19(28-24(31)17-5-3-2-4-6-17)10-15-7-8-20-21(11-15)35-14-34-20/h2-13,30H,14H2,1H3,(H,28,31)(H,29,32)/b19-10+,27-13-. The number of phenolic OH excluding ortho intramolecular Hbond substituents is 1. The zero-order chi connectivity index (χ0) is 24.8. The lowest BCUT2D eigenvalue weighted by Gasteiger charge is -2.10. The van der Waals surface area contributed by atoms with Gasteiger partial charge in [-0.15, -0.1) is 0 Å². The summed E-state index contributed by atoms with van der Waals surface area (Å²) in [4.78, 5) is 25.7. The first-order chi connectivity index (χ1) is 16.9. The van der Waals surface area contributed by atoms with Crippen LogP contribution < -0.4 is 25.0 Å². The van der Waals surface area contributed by atoms with Gasteiger partial charge in [0.05, 0.1) is 17.8 Å². The van der Waals surface area contributed by atoms with Crippen molar-refractivity contribution in [2.24, 2.45) is 5.10 Å². The second kappa shape index (κ2) is 10.7. The predicted molar refractivity (Wildman–Crippen MR) is 133 cm³/mol. The van der Waals surface area contributed by atoms with Crippen LogP contribution in [0.2, 0.25) is 0 Å². The molecule has 0 fully saturated rings. The maximum absolute atomic E-state index is 12.9. The van der Waals surface area contributed by atoms with Crippen molar-refractivity contribution in [3.05, 3.63) is 87.5 Å². The van der Waals surface area contributed by atoms with Gasteiger partial charge in [0.15, 0.2) is 23.0 Å². The van der Waals surface area contributed by atoms with Gasteiger partial charge in [-0.1, -0.05) is 24.3 Å². The molecule has 0 bridgehead atoms. The van der Waals surface area contributed by atoms with Crippen molar-refractivity contribution in [2.45, 2.75) is 0 Å². The molecule has 4 rings (SSSR count). The van der Waals surface area contributed by atoms with E-state index in [-0.39, 0.29) is 24.0 Å². The molecule has 0 saturated heterocycles. The van der Waals surface area contributed by atoms with E-state index in [0.717, 1.165) is 0 Å². The lowest BCUT2D eigenvalue weighted by molar-refractivity contribution is -0.117. The number of benzene rings is 3. The van der Waals surface area contributed by atoms with Gasteiger partial charge in [-0.25, -0.2) is 5.43 Å². The Morgan fingerprint density at radius 1 is 1.06 bits per heavy atom. The number of hydrogen-bond acceptors (Lipinski definition) is 7. The number of rotatable bonds is 7. The van der Waals surface area contributed by atoms with Crippen LogP contribution in [0.3, 0.4) is 0 Å². The summed E-state index contributed by atoms with van der Waals surface area (Å²) in [6.45, 7) is 0.119. The van der Waals surface area contributed by atoms with Crippen molar-refractivity contribution < 1.29 is 28.9 Å². The van der Waals surface area contributed by atoms with Crippen LogP contribution in [-0.2, 0) is 4.79 Å². The number of hydrazone groups is 1. The summed E-state index contributed by atoms with van der Waals surface area (Å²) < 4.78 is 16.2. The molecule has 9 nitrogen and oxygen atoms in total. The number of nitrogens with zero attached hydrogens (tertiary/aromatic N) is 1. The molecule has 3 N–H and O–H groups in total. The summed E-state index contributed by atoms with van der Waals surface area (Å²) >= 11 is 3.23. The van der Waals surface area contributed by atoms with Crippen LogP contribution in [0, 0.1) is 0 Å². The highest BCUT2D eigenvalue weighted by Crippen LogP contribution is 2.35. The molecule has 0 spiro atoms. The van der Waals surface area contributed by atoms with E-state index in [4.69, 9.17) is 14.2 Å². The SMILES string of the molecule is COc1cc(/C=N\NC(=O)/C(=C\c2ccc3c(c2)OCO3)NC(=O)c2ccccc2)cc(Br)c1O. The number of methoxy groups -OCH3 is 1. The van der Waals surface area contributed by atoms with Gasteiger partial charge >= 0.3 is 0 Å². The number of carbonyl (C=O) groups excluding carboxylic acids is 2. The minimum absolute atomic E-state index is 0.0284. The van der Waals surface area contributed by atoms with Gasteiger partial charge in [-0.3, -0.25) is 9.59 Å². The average Bonchev–Trinajstić information content (AvgIpc) is 3.34. The Labute approximate surface area is 209 Å². The third kappa shape index (κ3) is 5.79. The van der Waals surface area contributed by atoms with Gasteiger partial charge in [0, 0.05) is 5.56 Å². The van der Waals surface area contributed by atoms with Crippen molar-refractivity contribution in [3.8, 4) is 23.0 Å². The number of phenols is 1. The predicted octanol–water partition coefficient (Wildman–Crippen LogP) is 3.81. The molecular weight excluding hydrogens is 518 g/mol. The van der Waals surface area contributed by atoms with Crippen molar-refractivity contribution in [1.82, 2.24) is 10.7 Å². The maximum Gasteiger partial charge on any atom is 0.287 e. The number of ether oxygens (including phenoxy) is 3. The fraction of sp³-hybridized carbons (Fsp3) is 0.0800. The smallest absolute Gasteiger partial charge is 0.287 e. The lowest BCUT2D eigenvalue weighted by atomic mass is 10.1. The number of nitrogens with one attached hydrogen (secondary N) is 2. The van der Waals surface area contributed by atoms with Gasteiger partial charge in [0.25, 0.3) is 11.8 Å². The van der Waals surface area contributed by atoms with Gasteiger partial charge in [0.2, 0.25) is 6.79 Å². The second-order valence-corrected chi connectivity index (χ2v) is 8.10. The third-order valence-corrected chi connectivity index (χ3v) is 5.49. The first kappa shape index (κ1) is 23.8. The van der Waals surface area contributed by atoms with Crippen LogP contribution in [0.15, 0.2) is 75.9 Å². The van der Waals surface area contributed by atoms with Gasteiger partial charge in [-0.05, 0) is 69.5 Å². The first-order valence-electron chi connectivity index (χ1n) is 10.3. The van der Waals surface area contributed by atoms with Crippen LogP contribution in [-0.4, -0.2) is 37.0 Å². The minimum atomic E-state index is -0.645. The second-order valence-electron chi connectivity index (χ2n) is 7.24. The zero-order valence-electron chi connectivity index (χ0n) is 18.4. The molecule has 0 aliphatic carbocycles. The fourth-order valence-corrected chi connectivity index (χ4v) is 3.62. The number of carbonyl (C=O) groups is 2. The average molecular weight is 538 g/mol. The van der Waals surface area contributed by atoms with Gasteiger partial charge < -0.3 is 24.6 Å². The summed E-state index contributed by atoms with van der Waals surface area (Å²) in [5.74, 6) is 0.230. The maximum atomic E-state index is 12.9. The van der Waals surface area contributed by atoms with Crippen LogP contribution in [0.4, 0.5) is 0 Å². The number of hydrogen-bond donors (Lipinski definition) is 3. The highest BCUT2D eigenvalue weighted by Gasteiger charge is 2.17. The van der Waals surface area contributed by atoms with Crippen molar-refractivity contribution in [2.75, 3.05) is 13.9 Å². The van der Waals surface area contributed by atoms with E-state index in [0.29, 0.717) is 32.7 Å². The molecular formula is C25H20BrN3O6. The Morgan fingerprint density at radius 3 is 2.60 bits per heavy atom. The summed E-state index contributed by atoms with van der Waals surface area (Å²) in [7, 11) is 1.42. The Hall–Kier alpha value is -4.31. The normalized spacial score (nSPS) is 12.5. The summed E-state index contributed by atoms with van der Waals surface area (Å²) in [6, 6.07) is 16.8. The van der Waals surface area contributed by atoms with E-state index in [1.54, 1.807) is 60.7 Å². The van der Waals surface area contributed by atoms with E-state index in [2.05, 4.69) is 31.8 Å². The quantitative estimate of drug-likeness (QED) is 0.239. The van der Waals surface area contributed by atoms with E-state index >= 15 is 0 Å². The van der Waals surface area contributed by atoms with Crippen LogP contribution in [0.1, 0.15) is 21.5 Å². The monoisotopic (exact) mass is 537 g/mol. The lowest BCUT2D eigenvalue weighted by Crippen LogP contribution is -2.32. The topological polar surface area (TPSA) is 118 Å². The van der Waals surface area contributed by atoms with Crippen molar-refractivity contribution in [1.29, 1.82) is 0 Å². The molecule has 0 radical (unpaired) electrons. The highest BCUT2D eigenvalue weighted by atomic mass is 79.9. The minimum Gasteiger partial charge on any atom is -0.503 e. The number of aromatic hydroxyl groups is 1. The summed E-state index contributed by atoms with van der Waals surface area (Å²) in [6.07, 6.45) is 2.88. The Kier molecular flexibility index (Phi) is 7.32. The third-order valence-electron chi connectivity index (χ3n) is 4.89. The molecule has 3 aromatic rings. The molecule has 1 aliphatic rings. The molecule has 1 heterocycles. The molecule has 35 heavy (non-hydrogen) atoms. The number of halogens is 1. The number of amides is 2.